The number of thiophene rings is 1. The van der Waals surface area contributed by atoms with Crippen molar-refractivity contribution in [3.63, 3.8) is 0 Å². The van der Waals surface area contributed by atoms with E-state index in [-0.39, 0.29) is 5.91 Å². The second-order valence-corrected chi connectivity index (χ2v) is 7.02. The number of amidine groups is 1. The van der Waals surface area contributed by atoms with E-state index in [9.17, 15) is 4.79 Å². The normalized spacial score (nSPS) is 19.0. The molecule has 0 radical (unpaired) electrons. The topological polar surface area (TPSA) is 45.1 Å². The van der Waals surface area contributed by atoms with Crippen LogP contribution in [0.5, 0.6) is 0 Å². The molecule has 1 saturated heterocycles. The molecule has 7 heteroatoms. The summed E-state index contributed by atoms with van der Waals surface area (Å²) in [5.74, 6) is 1.23. The summed E-state index contributed by atoms with van der Waals surface area (Å²) in [6, 6.07) is 1.94. The lowest BCUT2D eigenvalue weighted by Gasteiger charge is -2.35. The van der Waals surface area contributed by atoms with E-state index in [1.807, 2.05) is 28.1 Å². The van der Waals surface area contributed by atoms with Crippen molar-refractivity contribution in [3.8, 4) is 0 Å². The summed E-state index contributed by atoms with van der Waals surface area (Å²) >= 11 is 3.33. The number of hydrogen-bond acceptors (Lipinski definition) is 6. The van der Waals surface area contributed by atoms with Gasteiger partial charge in [0.25, 0.3) is 5.91 Å². The molecule has 114 valence electrons. The van der Waals surface area contributed by atoms with Gasteiger partial charge < -0.3 is 14.5 Å². The highest BCUT2D eigenvalue weighted by molar-refractivity contribution is 8.14. The van der Waals surface area contributed by atoms with Crippen LogP contribution in [-0.2, 0) is 11.3 Å². The molecule has 0 aromatic carbocycles. The molecule has 1 fully saturated rings. The predicted molar refractivity (Wildman–Crippen MR) is 87.3 cm³/mol. The number of ether oxygens (including phenoxy) is 1. The van der Waals surface area contributed by atoms with Gasteiger partial charge in [0.15, 0.2) is 5.17 Å². The summed E-state index contributed by atoms with van der Waals surface area (Å²) in [7, 11) is 1.67. The number of piperazine rings is 1. The highest BCUT2D eigenvalue weighted by Crippen LogP contribution is 2.20. The maximum atomic E-state index is 12.5. The molecule has 0 aliphatic carbocycles. The molecule has 0 unspecified atom stereocenters. The van der Waals surface area contributed by atoms with Crippen molar-refractivity contribution in [1.29, 1.82) is 0 Å². The molecule has 1 aromatic heterocycles. The van der Waals surface area contributed by atoms with Crippen molar-refractivity contribution in [2.45, 2.75) is 6.61 Å². The van der Waals surface area contributed by atoms with Crippen molar-refractivity contribution < 1.29 is 9.53 Å². The number of nitrogens with zero attached hydrogens (tertiary/aromatic N) is 3. The zero-order chi connectivity index (χ0) is 14.7. The summed E-state index contributed by atoms with van der Waals surface area (Å²) < 4.78 is 5.10. The van der Waals surface area contributed by atoms with E-state index in [0.29, 0.717) is 6.61 Å². The SMILES string of the molecule is COCc1csc(C(=O)N2CCN(C3=NCCS3)CC2)c1. The first-order valence-corrected chi connectivity index (χ1v) is 8.92. The van der Waals surface area contributed by atoms with Crippen LogP contribution in [0.3, 0.4) is 0 Å². The molecule has 0 bridgehead atoms. The molecular formula is C14H19N3O2S2. The predicted octanol–water partition coefficient (Wildman–Crippen LogP) is 1.76. The summed E-state index contributed by atoms with van der Waals surface area (Å²) in [6.07, 6.45) is 0. The van der Waals surface area contributed by atoms with Gasteiger partial charge in [0.1, 0.15) is 0 Å². The summed E-state index contributed by atoms with van der Waals surface area (Å²) in [5, 5.41) is 3.15. The summed E-state index contributed by atoms with van der Waals surface area (Å²) in [5.41, 5.74) is 1.07. The van der Waals surface area contributed by atoms with Gasteiger partial charge in [0, 0.05) is 39.0 Å². The molecule has 0 N–H and O–H groups in total. The van der Waals surface area contributed by atoms with Gasteiger partial charge in [-0.25, -0.2) is 0 Å². The zero-order valence-electron chi connectivity index (χ0n) is 12.1. The summed E-state index contributed by atoms with van der Waals surface area (Å²) in [6.45, 7) is 4.80. The number of aliphatic imine (C=N–C) groups is 1. The quantitative estimate of drug-likeness (QED) is 0.849. The van der Waals surface area contributed by atoms with Gasteiger partial charge in [-0.1, -0.05) is 11.8 Å². The van der Waals surface area contributed by atoms with Gasteiger partial charge in [0.2, 0.25) is 0 Å². The molecule has 0 saturated carbocycles. The van der Waals surface area contributed by atoms with Crippen LogP contribution in [0.15, 0.2) is 16.4 Å². The summed E-state index contributed by atoms with van der Waals surface area (Å²) in [4.78, 5) is 22.0. The van der Waals surface area contributed by atoms with Crippen LogP contribution in [0.1, 0.15) is 15.2 Å². The molecule has 1 aromatic rings. The average Bonchev–Trinajstić information content (AvgIpc) is 3.19. The smallest absolute Gasteiger partial charge is 0.264 e. The largest absolute Gasteiger partial charge is 0.380 e. The maximum absolute atomic E-state index is 12.5. The second-order valence-electron chi connectivity index (χ2n) is 5.04. The number of thioether (sulfide) groups is 1. The Hall–Kier alpha value is -1.05. The van der Waals surface area contributed by atoms with Gasteiger partial charge >= 0.3 is 0 Å². The zero-order valence-corrected chi connectivity index (χ0v) is 13.7. The molecule has 0 spiro atoms. The van der Waals surface area contributed by atoms with E-state index < -0.39 is 0 Å². The fourth-order valence-corrected chi connectivity index (χ4v) is 4.28. The Morgan fingerprint density at radius 2 is 2.19 bits per heavy atom. The average molecular weight is 325 g/mol. The Morgan fingerprint density at radius 3 is 2.86 bits per heavy atom. The van der Waals surface area contributed by atoms with Crippen LogP contribution in [0.4, 0.5) is 0 Å². The molecule has 21 heavy (non-hydrogen) atoms. The van der Waals surface area contributed by atoms with Gasteiger partial charge in [-0.2, -0.15) is 0 Å². The van der Waals surface area contributed by atoms with Crippen molar-refractivity contribution in [3.05, 3.63) is 21.9 Å². The number of methoxy groups -OCH3 is 1. The third-order valence-corrected chi connectivity index (χ3v) is 5.58. The number of carbonyl (C=O) groups is 1. The van der Waals surface area contributed by atoms with Crippen molar-refractivity contribution in [1.82, 2.24) is 9.80 Å². The molecule has 3 heterocycles. The van der Waals surface area contributed by atoms with Gasteiger partial charge in [-0.15, -0.1) is 11.3 Å². The van der Waals surface area contributed by atoms with Crippen LogP contribution in [0.2, 0.25) is 0 Å². The van der Waals surface area contributed by atoms with Crippen LogP contribution >= 0.6 is 23.1 Å². The monoisotopic (exact) mass is 325 g/mol. The van der Waals surface area contributed by atoms with Gasteiger partial charge in [0.05, 0.1) is 18.0 Å². The third kappa shape index (κ3) is 3.41. The number of hydrogen-bond donors (Lipinski definition) is 0. The molecule has 2 aliphatic rings. The highest BCUT2D eigenvalue weighted by Gasteiger charge is 2.25. The minimum atomic E-state index is 0.142. The van der Waals surface area contributed by atoms with Crippen molar-refractivity contribution in [2.75, 3.05) is 45.6 Å². The number of amides is 1. The first-order valence-electron chi connectivity index (χ1n) is 7.06. The fourth-order valence-electron chi connectivity index (χ4n) is 2.50. The molecule has 1 amide bonds. The van der Waals surface area contributed by atoms with Crippen molar-refractivity contribution in [2.24, 2.45) is 4.99 Å². The van der Waals surface area contributed by atoms with Crippen LogP contribution < -0.4 is 0 Å². The van der Waals surface area contributed by atoms with E-state index in [2.05, 4.69) is 9.89 Å². The minimum Gasteiger partial charge on any atom is -0.380 e. The first kappa shape index (κ1) is 14.9. The Kier molecular flexibility index (Phi) is 4.82. The molecule has 0 atom stereocenters. The third-order valence-electron chi connectivity index (χ3n) is 3.58. The number of rotatable bonds is 3. The van der Waals surface area contributed by atoms with E-state index in [4.69, 9.17) is 4.74 Å². The maximum Gasteiger partial charge on any atom is 0.264 e. The minimum absolute atomic E-state index is 0.142. The Balaban J connectivity index is 1.56. The Bertz CT molecular complexity index is 536. The Morgan fingerprint density at radius 1 is 1.38 bits per heavy atom. The van der Waals surface area contributed by atoms with E-state index in [1.165, 1.54) is 11.3 Å². The van der Waals surface area contributed by atoms with E-state index in [0.717, 1.165) is 54.1 Å². The van der Waals surface area contributed by atoms with Crippen molar-refractivity contribution >= 4 is 34.2 Å². The molecular weight excluding hydrogens is 306 g/mol. The highest BCUT2D eigenvalue weighted by atomic mass is 32.2. The van der Waals surface area contributed by atoms with E-state index >= 15 is 0 Å². The molecule has 3 rings (SSSR count). The lowest BCUT2D eigenvalue weighted by Crippen LogP contribution is -2.49. The van der Waals surface area contributed by atoms with Crippen LogP contribution in [-0.4, -0.2) is 66.5 Å². The van der Waals surface area contributed by atoms with Gasteiger partial charge in [-0.3, -0.25) is 9.79 Å². The first-order chi connectivity index (χ1) is 10.3. The van der Waals surface area contributed by atoms with Gasteiger partial charge in [-0.05, 0) is 17.0 Å². The molecule has 5 nitrogen and oxygen atoms in total. The fraction of sp³-hybridized carbons (Fsp3) is 0.571. The molecule has 2 aliphatic heterocycles. The standard InChI is InChI=1S/C14H19N3O2S2/c1-19-9-11-8-12(21-10-11)13(18)16-3-5-17(6-4-16)14-15-2-7-20-14/h8,10H,2-7,9H2,1H3. The second kappa shape index (κ2) is 6.81. The lowest BCUT2D eigenvalue weighted by molar-refractivity contribution is 0.0698. The van der Waals surface area contributed by atoms with E-state index in [1.54, 1.807) is 7.11 Å². The number of carbonyl (C=O) groups excluding carboxylic acids is 1. The lowest BCUT2D eigenvalue weighted by atomic mass is 10.2. The Labute approximate surface area is 133 Å². The van der Waals surface area contributed by atoms with Crippen LogP contribution in [0, 0.1) is 0 Å². The van der Waals surface area contributed by atoms with Crippen LogP contribution in [0.25, 0.3) is 0 Å².